The summed E-state index contributed by atoms with van der Waals surface area (Å²) in [6.07, 6.45) is 6.11. The zero-order valence-electron chi connectivity index (χ0n) is 12.5. The average Bonchev–Trinajstić information content (AvgIpc) is 2.50. The van der Waals surface area contributed by atoms with Crippen LogP contribution in [-0.2, 0) is 0 Å². The Labute approximate surface area is 125 Å². The van der Waals surface area contributed by atoms with Crippen molar-refractivity contribution in [2.24, 2.45) is 0 Å². The molecular formula is C18H22O3. The number of hydrogen-bond acceptors (Lipinski definition) is 2. The van der Waals surface area contributed by atoms with Gasteiger partial charge in [-0.2, -0.15) is 0 Å². The quantitative estimate of drug-likeness (QED) is 0.703. The summed E-state index contributed by atoms with van der Waals surface area (Å²) >= 11 is 0. The van der Waals surface area contributed by atoms with Gasteiger partial charge in [0.2, 0.25) is 0 Å². The van der Waals surface area contributed by atoms with Crippen molar-refractivity contribution < 1.29 is 14.6 Å². The SMILES string of the molecule is CCCCCCCOc1ccc2cc(C(=O)O)ccc2c1. The largest absolute Gasteiger partial charge is 0.494 e. The normalized spacial score (nSPS) is 10.7. The molecule has 0 radical (unpaired) electrons. The van der Waals surface area contributed by atoms with Crippen molar-refractivity contribution in [3.8, 4) is 5.75 Å². The van der Waals surface area contributed by atoms with E-state index in [0.29, 0.717) is 5.56 Å². The fourth-order valence-electron chi connectivity index (χ4n) is 2.34. The minimum Gasteiger partial charge on any atom is -0.494 e. The van der Waals surface area contributed by atoms with Crippen LogP contribution in [0.25, 0.3) is 10.8 Å². The van der Waals surface area contributed by atoms with Crippen LogP contribution in [-0.4, -0.2) is 17.7 Å². The van der Waals surface area contributed by atoms with Gasteiger partial charge < -0.3 is 9.84 Å². The van der Waals surface area contributed by atoms with Gasteiger partial charge in [-0.25, -0.2) is 4.79 Å². The van der Waals surface area contributed by atoms with Gasteiger partial charge in [-0.1, -0.05) is 44.7 Å². The predicted octanol–water partition coefficient (Wildman–Crippen LogP) is 4.89. The first-order valence-corrected chi connectivity index (χ1v) is 7.60. The van der Waals surface area contributed by atoms with Crippen molar-refractivity contribution in [1.82, 2.24) is 0 Å². The number of hydrogen-bond donors (Lipinski definition) is 1. The van der Waals surface area contributed by atoms with Gasteiger partial charge in [0, 0.05) is 0 Å². The lowest BCUT2D eigenvalue weighted by molar-refractivity contribution is 0.0697. The first kappa shape index (κ1) is 15.4. The van der Waals surface area contributed by atoms with Crippen molar-refractivity contribution in [1.29, 1.82) is 0 Å². The van der Waals surface area contributed by atoms with E-state index in [1.165, 1.54) is 25.7 Å². The van der Waals surface area contributed by atoms with Crippen molar-refractivity contribution in [2.45, 2.75) is 39.0 Å². The highest BCUT2D eigenvalue weighted by Crippen LogP contribution is 2.22. The molecule has 2 rings (SSSR count). The van der Waals surface area contributed by atoms with Gasteiger partial charge in [-0.15, -0.1) is 0 Å². The van der Waals surface area contributed by atoms with Gasteiger partial charge in [-0.3, -0.25) is 0 Å². The third-order valence-electron chi connectivity index (χ3n) is 3.58. The van der Waals surface area contributed by atoms with Crippen molar-refractivity contribution in [3.63, 3.8) is 0 Å². The van der Waals surface area contributed by atoms with Crippen LogP contribution < -0.4 is 4.74 Å². The topological polar surface area (TPSA) is 46.5 Å². The van der Waals surface area contributed by atoms with Gasteiger partial charge in [0.1, 0.15) is 5.75 Å². The summed E-state index contributed by atoms with van der Waals surface area (Å²) in [6, 6.07) is 10.9. The summed E-state index contributed by atoms with van der Waals surface area (Å²) < 4.78 is 5.76. The molecule has 2 aromatic rings. The molecule has 0 saturated heterocycles. The second-order valence-corrected chi connectivity index (χ2v) is 5.29. The lowest BCUT2D eigenvalue weighted by Crippen LogP contribution is -1.98. The van der Waals surface area contributed by atoms with Gasteiger partial charge in [0.25, 0.3) is 0 Å². The molecule has 112 valence electrons. The molecule has 0 spiro atoms. The average molecular weight is 286 g/mol. The number of carboxylic acid groups (broad SMARTS) is 1. The van der Waals surface area contributed by atoms with Crippen LogP contribution in [0.1, 0.15) is 49.4 Å². The first-order valence-electron chi connectivity index (χ1n) is 7.60. The van der Waals surface area contributed by atoms with Crippen LogP contribution in [0.5, 0.6) is 5.75 Å². The zero-order valence-corrected chi connectivity index (χ0v) is 12.5. The molecule has 0 aliphatic rings. The van der Waals surface area contributed by atoms with E-state index in [9.17, 15) is 4.79 Å². The molecule has 0 aromatic heterocycles. The number of fused-ring (bicyclic) bond motifs is 1. The molecular weight excluding hydrogens is 264 g/mol. The van der Waals surface area contributed by atoms with Crippen LogP contribution >= 0.6 is 0 Å². The Bertz CT molecular complexity index is 604. The van der Waals surface area contributed by atoms with E-state index >= 15 is 0 Å². The fraction of sp³-hybridized carbons (Fsp3) is 0.389. The molecule has 0 saturated carbocycles. The molecule has 0 bridgehead atoms. The Balaban J connectivity index is 1.93. The first-order chi connectivity index (χ1) is 10.2. The molecule has 0 atom stereocenters. The van der Waals surface area contributed by atoms with Crippen molar-refractivity contribution in [2.75, 3.05) is 6.61 Å². The molecule has 0 amide bonds. The Morgan fingerprint density at radius 3 is 2.48 bits per heavy atom. The van der Waals surface area contributed by atoms with Gasteiger partial charge in [0.15, 0.2) is 0 Å². The summed E-state index contributed by atoms with van der Waals surface area (Å²) in [6.45, 7) is 2.95. The molecule has 21 heavy (non-hydrogen) atoms. The van der Waals surface area contributed by atoms with E-state index in [1.807, 2.05) is 24.3 Å². The number of carbonyl (C=O) groups is 1. The number of ether oxygens (including phenoxy) is 1. The molecule has 2 aromatic carbocycles. The third kappa shape index (κ3) is 4.48. The lowest BCUT2D eigenvalue weighted by Gasteiger charge is -2.07. The molecule has 3 nitrogen and oxygen atoms in total. The van der Waals surface area contributed by atoms with E-state index in [0.717, 1.165) is 29.5 Å². The van der Waals surface area contributed by atoms with Crippen LogP contribution in [0.4, 0.5) is 0 Å². The van der Waals surface area contributed by atoms with Gasteiger partial charge >= 0.3 is 5.97 Å². The van der Waals surface area contributed by atoms with Crippen molar-refractivity contribution in [3.05, 3.63) is 42.0 Å². The predicted molar refractivity (Wildman–Crippen MR) is 85.2 cm³/mol. The number of carboxylic acids is 1. The highest BCUT2D eigenvalue weighted by molar-refractivity contribution is 5.94. The van der Waals surface area contributed by atoms with E-state index < -0.39 is 5.97 Å². The van der Waals surface area contributed by atoms with E-state index in [1.54, 1.807) is 12.1 Å². The molecule has 0 aliphatic carbocycles. The second kappa shape index (κ2) is 7.67. The van der Waals surface area contributed by atoms with Crippen LogP contribution in [0, 0.1) is 0 Å². The summed E-state index contributed by atoms with van der Waals surface area (Å²) in [7, 11) is 0. The summed E-state index contributed by atoms with van der Waals surface area (Å²) in [5.74, 6) is -0.0506. The summed E-state index contributed by atoms with van der Waals surface area (Å²) in [5.41, 5.74) is 0.312. The Hall–Kier alpha value is -2.03. The summed E-state index contributed by atoms with van der Waals surface area (Å²) in [4.78, 5) is 10.9. The minimum atomic E-state index is -0.899. The zero-order chi connectivity index (χ0) is 15.1. The molecule has 3 heteroatoms. The maximum Gasteiger partial charge on any atom is 0.335 e. The highest BCUT2D eigenvalue weighted by atomic mass is 16.5. The van der Waals surface area contributed by atoms with Crippen LogP contribution in [0.2, 0.25) is 0 Å². The highest BCUT2D eigenvalue weighted by Gasteiger charge is 2.04. The number of unbranched alkanes of at least 4 members (excludes halogenated alkanes) is 4. The van der Waals surface area contributed by atoms with E-state index in [4.69, 9.17) is 9.84 Å². The van der Waals surface area contributed by atoms with Crippen LogP contribution in [0.15, 0.2) is 36.4 Å². The third-order valence-corrected chi connectivity index (χ3v) is 3.58. The fourth-order valence-corrected chi connectivity index (χ4v) is 2.34. The van der Waals surface area contributed by atoms with E-state index in [-0.39, 0.29) is 0 Å². The van der Waals surface area contributed by atoms with Crippen LogP contribution in [0.3, 0.4) is 0 Å². The molecule has 0 heterocycles. The number of aromatic carboxylic acids is 1. The minimum absolute atomic E-state index is 0.312. The van der Waals surface area contributed by atoms with Gasteiger partial charge in [-0.05, 0) is 41.5 Å². The Morgan fingerprint density at radius 2 is 1.71 bits per heavy atom. The number of benzene rings is 2. The standard InChI is InChI=1S/C18H22O3/c1-2-3-4-5-6-11-21-17-10-9-14-12-16(18(19)20)8-7-15(14)13-17/h7-10,12-13H,2-6,11H2,1H3,(H,19,20). The van der Waals surface area contributed by atoms with Gasteiger partial charge in [0.05, 0.1) is 12.2 Å². The summed E-state index contributed by atoms with van der Waals surface area (Å²) in [5, 5.41) is 10.9. The van der Waals surface area contributed by atoms with E-state index in [2.05, 4.69) is 6.92 Å². The number of rotatable bonds is 8. The maximum atomic E-state index is 10.9. The second-order valence-electron chi connectivity index (χ2n) is 5.29. The molecule has 0 fully saturated rings. The lowest BCUT2D eigenvalue weighted by atomic mass is 10.1. The smallest absolute Gasteiger partial charge is 0.335 e. The molecule has 0 aliphatic heterocycles. The molecule has 0 unspecified atom stereocenters. The molecule has 1 N–H and O–H groups in total. The van der Waals surface area contributed by atoms with Crippen molar-refractivity contribution >= 4 is 16.7 Å². The Morgan fingerprint density at radius 1 is 1.00 bits per heavy atom. The maximum absolute atomic E-state index is 10.9. The monoisotopic (exact) mass is 286 g/mol. The Kier molecular flexibility index (Phi) is 5.61.